The fraction of sp³-hybridized carbons (Fsp3) is 0.818. The van der Waals surface area contributed by atoms with Gasteiger partial charge in [-0.1, -0.05) is 89.7 Å². The molecule has 0 amide bonds. The van der Waals surface area contributed by atoms with Crippen LogP contribution in [0.2, 0.25) is 0 Å². The highest BCUT2D eigenvalue weighted by Crippen LogP contribution is 2.17. The minimum Gasteiger partial charge on any atom is -0.481 e. The van der Waals surface area contributed by atoms with Crippen LogP contribution >= 0.6 is 0 Å². The number of hydrogen-bond donors (Lipinski definition) is 2. The molecule has 0 rings (SSSR count). The fourth-order valence-corrected chi connectivity index (χ4v) is 3.17. The molecule has 1 unspecified atom stereocenters. The Bertz CT molecular complexity index is 376. The topological polar surface area (TPSA) is 74.6 Å². The first-order chi connectivity index (χ1) is 12.6. The van der Waals surface area contributed by atoms with Crippen molar-refractivity contribution in [3.63, 3.8) is 0 Å². The van der Waals surface area contributed by atoms with Crippen LogP contribution in [0.25, 0.3) is 0 Å². The summed E-state index contributed by atoms with van der Waals surface area (Å²) in [6.07, 6.45) is 21.9. The first-order valence-electron chi connectivity index (χ1n) is 10.7. The molecule has 0 bridgehead atoms. The van der Waals surface area contributed by atoms with Crippen LogP contribution in [0.3, 0.4) is 0 Å². The van der Waals surface area contributed by atoms with Gasteiger partial charge in [0.25, 0.3) is 0 Å². The summed E-state index contributed by atoms with van der Waals surface area (Å²) < 4.78 is 0. The van der Waals surface area contributed by atoms with Crippen molar-refractivity contribution in [2.24, 2.45) is 5.92 Å². The van der Waals surface area contributed by atoms with Crippen LogP contribution in [0.1, 0.15) is 110 Å². The summed E-state index contributed by atoms with van der Waals surface area (Å²) in [4.78, 5) is 21.6. The minimum absolute atomic E-state index is 0.260. The van der Waals surface area contributed by atoms with Crippen LogP contribution in [0, 0.1) is 5.92 Å². The molecule has 0 spiro atoms. The maximum absolute atomic E-state index is 11.0. The predicted octanol–water partition coefficient (Wildman–Crippen LogP) is 6.59. The van der Waals surface area contributed by atoms with Gasteiger partial charge in [0, 0.05) is 0 Å². The molecule has 0 aliphatic heterocycles. The Morgan fingerprint density at radius 2 is 1.19 bits per heavy atom. The Morgan fingerprint density at radius 3 is 1.65 bits per heavy atom. The second kappa shape index (κ2) is 18.5. The maximum atomic E-state index is 11.0. The molecule has 4 nitrogen and oxygen atoms in total. The van der Waals surface area contributed by atoms with Crippen molar-refractivity contribution in [2.45, 2.75) is 110 Å². The van der Waals surface area contributed by atoms with Gasteiger partial charge in [0.15, 0.2) is 0 Å². The van der Waals surface area contributed by atoms with Gasteiger partial charge >= 0.3 is 11.9 Å². The van der Waals surface area contributed by atoms with Gasteiger partial charge < -0.3 is 10.2 Å². The molecule has 26 heavy (non-hydrogen) atoms. The highest BCUT2D eigenvalue weighted by molar-refractivity contribution is 5.77. The van der Waals surface area contributed by atoms with E-state index in [1.165, 1.54) is 70.6 Å². The molecule has 0 fully saturated rings. The van der Waals surface area contributed by atoms with E-state index in [0.717, 1.165) is 19.3 Å². The lowest BCUT2D eigenvalue weighted by atomic mass is 9.97. The maximum Gasteiger partial charge on any atom is 0.307 e. The lowest BCUT2D eigenvalue weighted by molar-refractivity contribution is -0.148. The molecule has 0 saturated heterocycles. The lowest BCUT2D eigenvalue weighted by Crippen LogP contribution is -2.17. The monoisotopic (exact) mass is 368 g/mol. The van der Waals surface area contributed by atoms with Gasteiger partial charge in [-0.2, -0.15) is 0 Å². The predicted molar refractivity (Wildman–Crippen MR) is 107 cm³/mol. The van der Waals surface area contributed by atoms with Crippen molar-refractivity contribution in [3.8, 4) is 0 Å². The van der Waals surface area contributed by atoms with Crippen LogP contribution in [0.15, 0.2) is 12.2 Å². The van der Waals surface area contributed by atoms with E-state index in [2.05, 4.69) is 19.1 Å². The molecule has 0 aliphatic carbocycles. The van der Waals surface area contributed by atoms with Crippen molar-refractivity contribution in [2.75, 3.05) is 0 Å². The van der Waals surface area contributed by atoms with Crippen molar-refractivity contribution >= 4 is 11.9 Å². The Kier molecular flexibility index (Phi) is 17.5. The van der Waals surface area contributed by atoms with Crippen molar-refractivity contribution in [1.29, 1.82) is 0 Å². The van der Waals surface area contributed by atoms with Crippen LogP contribution in [-0.4, -0.2) is 22.2 Å². The van der Waals surface area contributed by atoms with Crippen molar-refractivity contribution in [3.05, 3.63) is 12.2 Å². The SMILES string of the molecule is CCCC=CCCCCCCCCCCCCCC(CC(=O)O)C(=O)O. The number of aliphatic carboxylic acids is 2. The normalized spacial score (nSPS) is 12.5. The molecule has 2 N–H and O–H groups in total. The van der Waals surface area contributed by atoms with Gasteiger partial charge in [0.1, 0.15) is 0 Å². The Labute approximate surface area is 160 Å². The summed E-state index contributed by atoms with van der Waals surface area (Å²) in [6.45, 7) is 2.21. The van der Waals surface area contributed by atoms with E-state index in [9.17, 15) is 9.59 Å². The molecule has 0 saturated carbocycles. The Hall–Kier alpha value is -1.32. The number of rotatable bonds is 19. The summed E-state index contributed by atoms with van der Waals surface area (Å²) in [5, 5.41) is 17.7. The van der Waals surface area contributed by atoms with Gasteiger partial charge in [-0.05, 0) is 25.7 Å². The molecule has 0 aliphatic rings. The summed E-state index contributed by atoms with van der Waals surface area (Å²) in [7, 11) is 0. The van der Waals surface area contributed by atoms with Crippen LogP contribution in [0.4, 0.5) is 0 Å². The minimum atomic E-state index is -1.02. The number of unbranched alkanes of at least 4 members (excludes halogenated alkanes) is 12. The smallest absolute Gasteiger partial charge is 0.307 e. The van der Waals surface area contributed by atoms with Crippen LogP contribution in [0.5, 0.6) is 0 Å². The van der Waals surface area contributed by atoms with E-state index in [1.807, 2.05) is 0 Å². The third kappa shape index (κ3) is 17.5. The third-order valence-corrected chi connectivity index (χ3v) is 4.82. The van der Waals surface area contributed by atoms with E-state index in [0.29, 0.717) is 6.42 Å². The zero-order valence-electron chi connectivity index (χ0n) is 16.8. The zero-order chi connectivity index (χ0) is 19.5. The number of carboxylic acids is 2. The van der Waals surface area contributed by atoms with Gasteiger partial charge in [0.05, 0.1) is 12.3 Å². The first kappa shape index (κ1) is 24.7. The average Bonchev–Trinajstić information content (AvgIpc) is 2.59. The Morgan fingerprint density at radius 1 is 0.731 bits per heavy atom. The molecule has 0 aromatic rings. The second-order valence-corrected chi connectivity index (χ2v) is 7.36. The van der Waals surface area contributed by atoms with Crippen molar-refractivity contribution < 1.29 is 19.8 Å². The highest BCUT2D eigenvalue weighted by atomic mass is 16.4. The molecule has 152 valence electrons. The molecular weight excluding hydrogens is 328 g/mol. The number of carbonyl (C=O) groups is 2. The molecule has 4 heteroatoms. The lowest BCUT2D eigenvalue weighted by Gasteiger charge is -2.09. The van der Waals surface area contributed by atoms with Gasteiger partial charge in [-0.25, -0.2) is 0 Å². The second-order valence-electron chi connectivity index (χ2n) is 7.36. The van der Waals surface area contributed by atoms with Gasteiger partial charge in [-0.3, -0.25) is 9.59 Å². The number of allylic oxidation sites excluding steroid dienone is 2. The third-order valence-electron chi connectivity index (χ3n) is 4.82. The molecule has 0 aromatic heterocycles. The first-order valence-corrected chi connectivity index (χ1v) is 10.7. The standard InChI is InChI=1S/C22H40O4/c1-2-3-4-5-6-7-8-9-10-11-12-13-14-15-16-17-18-20(22(25)26)19-21(23)24/h4-5,20H,2-3,6-19H2,1H3,(H,23,24)(H,25,26). The quantitative estimate of drug-likeness (QED) is 0.199. The molecule has 1 atom stereocenters. The van der Waals surface area contributed by atoms with E-state index >= 15 is 0 Å². The van der Waals surface area contributed by atoms with Crippen LogP contribution in [-0.2, 0) is 9.59 Å². The van der Waals surface area contributed by atoms with E-state index in [4.69, 9.17) is 10.2 Å². The van der Waals surface area contributed by atoms with Gasteiger partial charge in [-0.15, -0.1) is 0 Å². The van der Waals surface area contributed by atoms with E-state index in [1.54, 1.807) is 0 Å². The summed E-state index contributed by atoms with van der Waals surface area (Å²) in [6, 6.07) is 0. The summed E-state index contributed by atoms with van der Waals surface area (Å²) >= 11 is 0. The van der Waals surface area contributed by atoms with E-state index < -0.39 is 17.9 Å². The summed E-state index contributed by atoms with van der Waals surface area (Å²) in [5.74, 6) is -2.73. The zero-order valence-corrected chi connectivity index (χ0v) is 16.8. The number of carboxylic acid groups (broad SMARTS) is 2. The van der Waals surface area contributed by atoms with Crippen molar-refractivity contribution in [1.82, 2.24) is 0 Å². The average molecular weight is 369 g/mol. The largest absolute Gasteiger partial charge is 0.481 e. The molecule has 0 aromatic carbocycles. The Balaban J connectivity index is 3.31. The molecular formula is C22H40O4. The van der Waals surface area contributed by atoms with E-state index in [-0.39, 0.29) is 6.42 Å². The molecule has 0 radical (unpaired) electrons. The van der Waals surface area contributed by atoms with Crippen LogP contribution < -0.4 is 0 Å². The summed E-state index contributed by atoms with van der Waals surface area (Å²) in [5.41, 5.74) is 0. The number of hydrogen-bond acceptors (Lipinski definition) is 2. The fourth-order valence-electron chi connectivity index (χ4n) is 3.17. The highest BCUT2D eigenvalue weighted by Gasteiger charge is 2.20. The van der Waals surface area contributed by atoms with Gasteiger partial charge in [0.2, 0.25) is 0 Å². The molecule has 0 heterocycles.